The number of hydrogen-bond acceptors (Lipinski definition) is 6. The van der Waals surface area contributed by atoms with Crippen molar-refractivity contribution < 1.29 is 18.7 Å². The van der Waals surface area contributed by atoms with Crippen molar-refractivity contribution in [3.05, 3.63) is 132 Å². The molecule has 0 spiro atoms. The van der Waals surface area contributed by atoms with E-state index in [-0.39, 0.29) is 17.6 Å². The maximum absolute atomic E-state index is 13.3. The van der Waals surface area contributed by atoms with Crippen molar-refractivity contribution in [1.82, 2.24) is 15.6 Å². The summed E-state index contributed by atoms with van der Waals surface area (Å²) in [5.74, 6) is -0.422. The molecule has 8 nitrogen and oxygen atoms in total. The number of amides is 2. The standard InChI is InChI=1S/C32H30N4O4/c37-31(28-16-15-24-10-4-5-13-27(24)35-28)36-29(21-33-17-19-39-22-23-8-2-1-3-9-23)25-11-6-12-26(20-25)34-32(38)30-14-7-18-40-30/h1-16,18,20,29,33H,17,19,21-22H2,(H,34,38)(H,36,37). The summed E-state index contributed by atoms with van der Waals surface area (Å²) in [6.45, 7) is 2.10. The van der Waals surface area contributed by atoms with Gasteiger partial charge in [-0.1, -0.05) is 66.7 Å². The molecule has 2 aromatic heterocycles. The van der Waals surface area contributed by atoms with E-state index in [0.29, 0.717) is 37.7 Å². The van der Waals surface area contributed by atoms with Gasteiger partial charge in [-0.05, 0) is 47.5 Å². The Kier molecular flexibility index (Phi) is 8.93. The number of rotatable bonds is 12. The Morgan fingerprint density at radius 2 is 1.70 bits per heavy atom. The number of ether oxygens (including phenoxy) is 1. The number of hydrogen-bond donors (Lipinski definition) is 3. The highest BCUT2D eigenvalue weighted by atomic mass is 16.5. The average molecular weight is 535 g/mol. The van der Waals surface area contributed by atoms with Crippen LogP contribution in [0.2, 0.25) is 0 Å². The maximum Gasteiger partial charge on any atom is 0.291 e. The highest BCUT2D eigenvalue weighted by Crippen LogP contribution is 2.20. The van der Waals surface area contributed by atoms with Crippen molar-refractivity contribution >= 4 is 28.4 Å². The molecular formula is C32H30N4O4. The Labute approximate surface area is 232 Å². The van der Waals surface area contributed by atoms with E-state index < -0.39 is 6.04 Å². The second-order valence-electron chi connectivity index (χ2n) is 9.21. The smallest absolute Gasteiger partial charge is 0.291 e. The van der Waals surface area contributed by atoms with Crippen molar-refractivity contribution in [1.29, 1.82) is 0 Å². The van der Waals surface area contributed by atoms with E-state index in [9.17, 15) is 9.59 Å². The lowest BCUT2D eigenvalue weighted by molar-refractivity contribution is 0.0928. The normalized spacial score (nSPS) is 11.7. The summed E-state index contributed by atoms with van der Waals surface area (Å²) in [6, 6.07) is 31.5. The number of furan rings is 1. The third-order valence-electron chi connectivity index (χ3n) is 6.31. The number of fused-ring (bicyclic) bond motifs is 1. The second kappa shape index (κ2) is 13.3. The molecule has 2 amide bonds. The molecule has 40 heavy (non-hydrogen) atoms. The van der Waals surface area contributed by atoms with Gasteiger partial charge in [0.25, 0.3) is 11.8 Å². The lowest BCUT2D eigenvalue weighted by atomic mass is 10.1. The van der Waals surface area contributed by atoms with Crippen LogP contribution in [-0.2, 0) is 11.3 Å². The number of nitrogens with zero attached hydrogens (tertiary/aromatic N) is 1. The van der Waals surface area contributed by atoms with Gasteiger partial charge >= 0.3 is 0 Å². The number of benzene rings is 3. The van der Waals surface area contributed by atoms with Crippen LogP contribution in [0.3, 0.4) is 0 Å². The van der Waals surface area contributed by atoms with Crippen LogP contribution in [0.15, 0.2) is 114 Å². The van der Waals surface area contributed by atoms with E-state index in [2.05, 4.69) is 20.9 Å². The summed E-state index contributed by atoms with van der Waals surface area (Å²) in [5.41, 5.74) is 3.61. The third-order valence-corrected chi connectivity index (χ3v) is 6.31. The van der Waals surface area contributed by atoms with Gasteiger partial charge in [0.15, 0.2) is 5.76 Å². The van der Waals surface area contributed by atoms with Crippen LogP contribution < -0.4 is 16.0 Å². The zero-order valence-electron chi connectivity index (χ0n) is 21.9. The molecule has 3 N–H and O–H groups in total. The summed E-state index contributed by atoms with van der Waals surface area (Å²) in [5, 5.41) is 10.3. The minimum Gasteiger partial charge on any atom is -0.459 e. The monoisotopic (exact) mass is 534 g/mol. The minimum atomic E-state index is -0.393. The number of carbonyl (C=O) groups excluding carboxylic acids is 2. The summed E-state index contributed by atoms with van der Waals surface area (Å²) in [7, 11) is 0. The van der Waals surface area contributed by atoms with Gasteiger partial charge in [0.2, 0.25) is 0 Å². The minimum absolute atomic E-state index is 0.217. The van der Waals surface area contributed by atoms with Gasteiger partial charge in [-0.15, -0.1) is 0 Å². The molecule has 0 fully saturated rings. The molecule has 5 aromatic rings. The molecule has 0 saturated carbocycles. The van der Waals surface area contributed by atoms with Crippen LogP contribution in [0, 0.1) is 0 Å². The van der Waals surface area contributed by atoms with Gasteiger partial charge in [-0.3, -0.25) is 9.59 Å². The van der Waals surface area contributed by atoms with Gasteiger partial charge in [0.05, 0.1) is 31.0 Å². The molecular weight excluding hydrogens is 504 g/mol. The van der Waals surface area contributed by atoms with Crippen molar-refractivity contribution in [3.8, 4) is 0 Å². The molecule has 0 aliphatic carbocycles. The van der Waals surface area contributed by atoms with Crippen molar-refractivity contribution in [2.24, 2.45) is 0 Å². The predicted molar refractivity (Wildman–Crippen MR) is 154 cm³/mol. The molecule has 8 heteroatoms. The Morgan fingerprint density at radius 1 is 0.850 bits per heavy atom. The topological polar surface area (TPSA) is 105 Å². The summed E-state index contributed by atoms with van der Waals surface area (Å²) in [4.78, 5) is 30.3. The number of nitrogens with one attached hydrogen (secondary N) is 3. The molecule has 202 valence electrons. The van der Waals surface area contributed by atoms with E-state index >= 15 is 0 Å². The molecule has 0 aliphatic heterocycles. The fourth-order valence-electron chi connectivity index (χ4n) is 4.27. The molecule has 1 unspecified atom stereocenters. The quantitative estimate of drug-likeness (QED) is 0.186. The molecule has 0 saturated heterocycles. The first-order valence-corrected chi connectivity index (χ1v) is 13.1. The third kappa shape index (κ3) is 7.19. The van der Waals surface area contributed by atoms with E-state index in [1.807, 2.05) is 78.9 Å². The second-order valence-corrected chi connectivity index (χ2v) is 9.21. The highest BCUT2D eigenvalue weighted by Gasteiger charge is 2.18. The van der Waals surface area contributed by atoms with Crippen LogP contribution >= 0.6 is 0 Å². The largest absolute Gasteiger partial charge is 0.459 e. The van der Waals surface area contributed by atoms with E-state index in [0.717, 1.165) is 22.0 Å². The Morgan fingerprint density at radius 3 is 2.55 bits per heavy atom. The lowest BCUT2D eigenvalue weighted by Gasteiger charge is -2.21. The Balaban J connectivity index is 1.26. The van der Waals surface area contributed by atoms with Crippen molar-refractivity contribution in [2.75, 3.05) is 25.0 Å². The number of aromatic nitrogens is 1. The van der Waals surface area contributed by atoms with E-state index in [1.165, 1.54) is 6.26 Å². The number of pyridine rings is 1. The fraction of sp³-hybridized carbons (Fsp3) is 0.156. The first-order chi connectivity index (χ1) is 19.7. The van der Waals surface area contributed by atoms with Crippen molar-refractivity contribution in [3.63, 3.8) is 0 Å². The zero-order chi connectivity index (χ0) is 27.6. The van der Waals surface area contributed by atoms with Gasteiger partial charge in [-0.2, -0.15) is 0 Å². The summed E-state index contributed by atoms with van der Waals surface area (Å²) >= 11 is 0. The molecule has 1 atom stereocenters. The summed E-state index contributed by atoms with van der Waals surface area (Å²) < 4.78 is 11.0. The number of carbonyl (C=O) groups is 2. The molecule has 2 heterocycles. The van der Waals surface area contributed by atoms with Crippen LogP contribution in [0.4, 0.5) is 5.69 Å². The van der Waals surface area contributed by atoms with E-state index in [4.69, 9.17) is 9.15 Å². The average Bonchev–Trinajstić information content (AvgIpc) is 3.54. The maximum atomic E-state index is 13.3. The fourth-order valence-corrected chi connectivity index (χ4v) is 4.27. The SMILES string of the molecule is O=C(NC(CNCCOCc1ccccc1)c1cccc(NC(=O)c2ccco2)c1)c1ccc2ccccc2n1. The first kappa shape index (κ1) is 26.8. The van der Waals surface area contributed by atoms with Crippen LogP contribution in [-0.4, -0.2) is 36.5 Å². The van der Waals surface area contributed by atoms with Gasteiger partial charge in [0, 0.05) is 24.2 Å². The summed E-state index contributed by atoms with van der Waals surface area (Å²) in [6.07, 6.45) is 1.45. The number of para-hydroxylation sites is 1. The zero-order valence-corrected chi connectivity index (χ0v) is 21.9. The van der Waals surface area contributed by atoms with Gasteiger partial charge < -0.3 is 25.1 Å². The van der Waals surface area contributed by atoms with Gasteiger partial charge in [-0.25, -0.2) is 4.98 Å². The van der Waals surface area contributed by atoms with Crippen LogP contribution in [0.5, 0.6) is 0 Å². The Bertz CT molecular complexity index is 1550. The van der Waals surface area contributed by atoms with Crippen molar-refractivity contribution in [2.45, 2.75) is 12.6 Å². The number of anilines is 1. The van der Waals surface area contributed by atoms with Crippen LogP contribution in [0.1, 0.15) is 38.2 Å². The molecule has 3 aromatic carbocycles. The van der Waals surface area contributed by atoms with Gasteiger partial charge in [0.1, 0.15) is 5.69 Å². The highest BCUT2D eigenvalue weighted by molar-refractivity contribution is 6.02. The first-order valence-electron chi connectivity index (χ1n) is 13.1. The van der Waals surface area contributed by atoms with Crippen LogP contribution in [0.25, 0.3) is 10.9 Å². The molecule has 5 rings (SSSR count). The molecule has 0 radical (unpaired) electrons. The molecule has 0 bridgehead atoms. The predicted octanol–water partition coefficient (Wildman–Crippen LogP) is 5.36. The Hall–Kier alpha value is -4.79. The molecule has 0 aliphatic rings. The van der Waals surface area contributed by atoms with E-state index in [1.54, 1.807) is 24.3 Å². The lowest BCUT2D eigenvalue weighted by Crippen LogP contribution is -2.37.